The number of halogens is 2. The molecular formula is C23H32Cl2N2O4. The van der Waals surface area contributed by atoms with Gasteiger partial charge in [-0.3, -0.25) is 4.90 Å². The normalized spacial score (nSPS) is 18.3. The molecule has 0 bridgehead atoms. The Morgan fingerprint density at radius 3 is 2.13 bits per heavy atom. The van der Waals surface area contributed by atoms with E-state index in [-0.39, 0.29) is 30.9 Å². The van der Waals surface area contributed by atoms with Crippen molar-refractivity contribution < 1.29 is 18.9 Å². The van der Waals surface area contributed by atoms with Crippen LogP contribution in [0, 0.1) is 0 Å². The monoisotopic (exact) mass is 470 g/mol. The van der Waals surface area contributed by atoms with Gasteiger partial charge >= 0.3 is 0 Å². The molecule has 0 N–H and O–H groups in total. The Balaban J connectivity index is 0.00000171. The highest BCUT2D eigenvalue weighted by Crippen LogP contribution is 2.37. The van der Waals surface area contributed by atoms with E-state index in [1.165, 1.54) is 16.8 Å². The van der Waals surface area contributed by atoms with Gasteiger partial charge in [-0.1, -0.05) is 0 Å². The maximum atomic E-state index is 6.15. The molecule has 2 aromatic rings. The molecule has 0 aromatic heterocycles. The van der Waals surface area contributed by atoms with Crippen LogP contribution in [-0.2, 0) is 11.2 Å². The van der Waals surface area contributed by atoms with Gasteiger partial charge in [-0.05, 0) is 53.9 Å². The highest BCUT2D eigenvalue weighted by Gasteiger charge is 2.27. The maximum Gasteiger partial charge on any atom is 0.161 e. The SMILES string of the molecule is COc1ccc(N2CCN(CC3OCCc4cc(OC)c(OC)cc43)CC2)cc1.Cl.Cl. The van der Waals surface area contributed by atoms with Gasteiger partial charge in [0.05, 0.1) is 34.0 Å². The molecule has 0 radical (unpaired) electrons. The highest BCUT2D eigenvalue weighted by molar-refractivity contribution is 5.85. The molecular weight excluding hydrogens is 439 g/mol. The molecule has 4 rings (SSSR count). The Bertz CT molecular complexity index is 827. The molecule has 1 fully saturated rings. The van der Waals surface area contributed by atoms with Crippen LogP contribution in [0.2, 0.25) is 0 Å². The molecule has 1 atom stereocenters. The maximum absolute atomic E-state index is 6.15. The minimum Gasteiger partial charge on any atom is -0.497 e. The van der Waals surface area contributed by atoms with Crippen molar-refractivity contribution in [3.63, 3.8) is 0 Å². The van der Waals surface area contributed by atoms with E-state index in [2.05, 4.69) is 34.1 Å². The summed E-state index contributed by atoms with van der Waals surface area (Å²) in [5, 5.41) is 0. The fourth-order valence-corrected chi connectivity index (χ4v) is 4.22. The lowest BCUT2D eigenvalue weighted by Crippen LogP contribution is -2.48. The number of ether oxygens (including phenoxy) is 4. The van der Waals surface area contributed by atoms with Gasteiger partial charge in [-0.15, -0.1) is 24.8 Å². The molecule has 1 saturated heterocycles. The van der Waals surface area contributed by atoms with E-state index in [4.69, 9.17) is 18.9 Å². The molecule has 2 aliphatic rings. The van der Waals surface area contributed by atoms with Crippen molar-refractivity contribution in [2.24, 2.45) is 0 Å². The first-order valence-electron chi connectivity index (χ1n) is 10.2. The third-order valence-electron chi connectivity index (χ3n) is 5.92. The summed E-state index contributed by atoms with van der Waals surface area (Å²) in [6.07, 6.45) is 0.989. The summed E-state index contributed by atoms with van der Waals surface area (Å²) in [5.74, 6) is 2.46. The molecule has 0 amide bonds. The lowest BCUT2D eigenvalue weighted by Gasteiger charge is -2.38. The van der Waals surface area contributed by atoms with Gasteiger partial charge in [0.1, 0.15) is 5.75 Å². The molecule has 31 heavy (non-hydrogen) atoms. The lowest BCUT2D eigenvalue weighted by molar-refractivity contribution is 0.0146. The van der Waals surface area contributed by atoms with E-state index < -0.39 is 0 Å². The van der Waals surface area contributed by atoms with Gasteiger partial charge in [-0.25, -0.2) is 0 Å². The smallest absolute Gasteiger partial charge is 0.161 e. The topological polar surface area (TPSA) is 43.4 Å². The number of nitrogens with zero attached hydrogens (tertiary/aromatic N) is 2. The summed E-state index contributed by atoms with van der Waals surface area (Å²) in [4.78, 5) is 4.93. The molecule has 2 heterocycles. The fraction of sp³-hybridized carbons (Fsp3) is 0.478. The second-order valence-electron chi connectivity index (χ2n) is 7.50. The van der Waals surface area contributed by atoms with Crippen LogP contribution in [0.1, 0.15) is 17.2 Å². The lowest BCUT2D eigenvalue weighted by atomic mass is 9.96. The number of methoxy groups -OCH3 is 3. The Morgan fingerprint density at radius 2 is 1.52 bits per heavy atom. The van der Waals surface area contributed by atoms with Crippen molar-refractivity contribution in [3.05, 3.63) is 47.5 Å². The fourth-order valence-electron chi connectivity index (χ4n) is 4.22. The first-order valence-corrected chi connectivity index (χ1v) is 10.2. The van der Waals surface area contributed by atoms with Crippen molar-refractivity contribution in [3.8, 4) is 17.2 Å². The van der Waals surface area contributed by atoms with Gasteiger partial charge in [0, 0.05) is 38.4 Å². The minimum atomic E-state index is 0. The van der Waals surface area contributed by atoms with Crippen LogP contribution in [0.5, 0.6) is 17.2 Å². The summed E-state index contributed by atoms with van der Waals surface area (Å²) >= 11 is 0. The van der Waals surface area contributed by atoms with Crippen molar-refractivity contribution >= 4 is 30.5 Å². The molecule has 0 aliphatic carbocycles. The van der Waals surface area contributed by atoms with Crippen molar-refractivity contribution in [2.45, 2.75) is 12.5 Å². The van der Waals surface area contributed by atoms with Gasteiger partial charge in [0.25, 0.3) is 0 Å². The van der Waals surface area contributed by atoms with Crippen molar-refractivity contribution in [1.29, 1.82) is 0 Å². The second kappa shape index (κ2) is 11.7. The van der Waals surface area contributed by atoms with Crippen LogP contribution in [0.3, 0.4) is 0 Å². The van der Waals surface area contributed by atoms with Gasteiger partial charge in [0.15, 0.2) is 11.5 Å². The number of benzene rings is 2. The van der Waals surface area contributed by atoms with Crippen LogP contribution >= 0.6 is 24.8 Å². The Labute approximate surface area is 197 Å². The summed E-state index contributed by atoms with van der Waals surface area (Å²) in [7, 11) is 5.07. The van der Waals surface area contributed by atoms with Crippen LogP contribution in [0.4, 0.5) is 5.69 Å². The molecule has 0 spiro atoms. The Morgan fingerprint density at radius 1 is 0.871 bits per heavy atom. The highest BCUT2D eigenvalue weighted by atomic mass is 35.5. The number of hydrogen-bond donors (Lipinski definition) is 0. The Kier molecular flexibility index (Phi) is 9.56. The number of anilines is 1. The van der Waals surface area contributed by atoms with Gasteiger partial charge < -0.3 is 23.8 Å². The van der Waals surface area contributed by atoms with Crippen LogP contribution in [0.25, 0.3) is 0 Å². The molecule has 2 aromatic carbocycles. The van der Waals surface area contributed by atoms with Crippen LogP contribution < -0.4 is 19.1 Å². The third-order valence-corrected chi connectivity index (χ3v) is 5.92. The van der Waals surface area contributed by atoms with Crippen LogP contribution in [-0.4, -0.2) is 65.6 Å². The Hall–Kier alpha value is -1.86. The van der Waals surface area contributed by atoms with E-state index in [1.807, 2.05) is 12.1 Å². The van der Waals surface area contributed by atoms with E-state index >= 15 is 0 Å². The molecule has 0 saturated carbocycles. The average molecular weight is 471 g/mol. The molecule has 2 aliphatic heterocycles. The summed E-state index contributed by atoms with van der Waals surface area (Å²) in [6, 6.07) is 12.5. The first-order chi connectivity index (χ1) is 14.2. The largest absolute Gasteiger partial charge is 0.497 e. The predicted octanol–water partition coefficient (Wildman–Crippen LogP) is 3.99. The van der Waals surface area contributed by atoms with Crippen molar-refractivity contribution in [1.82, 2.24) is 4.90 Å². The van der Waals surface area contributed by atoms with Crippen LogP contribution in [0.15, 0.2) is 36.4 Å². The minimum absolute atomic E-state index is 0. The van der Waals surface area contributed by atoms with E-state index in [1.54, 1.807) is 21.3 Å². The average Bonchev–Trinajstić information content (AvgIpc) is 2.79. The van der Waals surface area contributed by atoms with Gasteiger partial charge in [0.2, 0.25) is 0 Å². The van der Waals surface area contributed by atoms with E-state index in [0.717, 1.165) is 63.0 Å². The molecule has 6 nitrogen and oxygen atoms in total. The standard InChI is InChI=1S/C23H30N2O4.2ClH/c1-26-19-6-4-18(5-7-19)25-11-9-24(10-12-25)16-23-20-15-22(28-3)21(27-2)14-17(20)8-13-29-23;;/h4-7,14-15,23H,8-13,16H2,1-3H3;2*1H. The quantitative estimate of drug-likeness (QED) is 0.635. The molecule has 1 unspecified atom stereocenters. The van der Waals surface area contributed by atoms with Gasteiger partial charge in [-0.2, -0.15) is 0 Å². The molecule has 8 heteroatoms. The number of fused-ring (bicyclic) bond motifs is 1. The predicted molar refractivity (Wildman–Crippen MR) is 128 cm³/mol. The number of rotatable bonds is 6. The molecule has 172 valence electrons. The summed E-state index contributed by atoms with van der Waals surface area (Å²) in [5.41, 5.74) is 3.78. The zero-order valence-electron chi connectivity index (χ0n) is 18.3. The third kappa shape index (κ3) is 5.69. The zero-order valence-corrected chi connectivity index (χ0v) is 20.0. The number of piperazine rings is 1. The second-order valence-corrected chi connectivity index (χ2v) is 7.50. The summed E-state index contributed by atoms with van der Waals surface area (Å²) < 4.78 is 22.4. The van der Waals surface area contributed by atoms with E-state index in [0.29, 0.717) is 0 Å². The van der Waals surface area contributed by atoms with E-state index in [9.17, 15) is 0 Å². The first kappa shape index (κ1) is 25.4. The number of hydrogen-bond acceptors (Lipinski definition) is 6. The van der Waals surface area contributed by atoms with Crippen molar-refractivity contribution in [2.75, 3.05) is 65.6 Å². The zero-order chi connectivity index (χ0) is 20.2. The summed E-state index contributed by atoms with van der Waals surface area (Å²) in [6.45, 7) is 5.72.